The van der Waals surface area contributed by atoms with E-state index < -0.39 is 7.74 Å². The fourth-order valence-electron chi connectivity index (χ4n) is 4.14. The van der Waals surface area contributed by atoms with Crippen LogP contribution in [0.2, 0.25) is 0 Å². The van der Waals surface area contributed by atoms with E-state index in [0.717, 1.165) is 11.5 Å². The van der Waals surface area contributed by atoms with E-state index in [1.54, 1.807) is 23.5 Å². The summed E-state index contributed by atoms with van der Waals surface area (Å²) in [4.78, 5) is 29.8. The Kier molecular flexibility index (Phi) is 26.8. The van der Waals surface area contributed by atoms with Crippen molar-refractivity contribution in [1.29, 1.82) is 0 Å². The normalized spacial score (nSPS) is 13.2. The summed E-state index contributed by atoms with van der Waals surface area (Å²) < 4.78 is 9.95. The van der Waals surface area contributed by atoms with Crippen LogP contribution in [0.15, 0.2) is 0 Å². The summed E-state index contributed by atoms with van der Waals surface area (Å²) in [7, 11) is -5.41. The third-order valence-electron chi connectivity index (χ3n) is 6.37. The smallest absolute Gasteiger partial charge is 0.0654 e. The van der Waals surface area contributed by atoms with Gasteiger partial charge in [-0.25, -0.2) is 0 Å². The van der Waals surface area contributed by atoms with Gasteiger partial charge in [0.2, 0.25) is 0 Å². The van der Waals surface area contributed by atoms with Gasteiger partial charge in [-0.3, -0.25) is 0 Å². The molecule has 0 bridgehead atoms. The zero-order valence-electron chi connectivity index (χ0n) is 23.8. The maximum atomic E-state index is 9.94. The summed E-state index contributed by atoms with van der Waals surface area (Å²) in [6.07, 6.45) is 26.5. The third-order valence-corrected chi connectivity index (χ3v) is 9.71. The summed E-state index contributed by atoms with van der Waals surface area (Å²) in [6, 6.07) is 0. The van der Waals surface area contributed by atoms with Gasteiger partial charge in [0.1, 0.15) is 0 Å². The topological polar surface area (TPSA) is 79.2 Å². The second-order valence-electron chi connectivity index (χ2n) is 10.1. The minimum atomic E-state index is -5.41. The van der Waals surface area contributed by atoms with Gasteiger partial charge >= 0.3 is 181 Å². The molecule has 0 aromatic rings. The number of unbranched alkanes of at least 4 members (excludes halogenated alkanes) is 18. The second-order valence-corrected chi connectivity index (χ2v) is 14.7. The van der Waals surface area contributed by atoms with E-state index in [-0.39, 0.29) is 13.2 Å². The van der Waals surface area contributed by atoms with Crippen molar-refractivity contribution < 1.29 is 23.7 Å². The molecule has 0 heterocycles. The fourth-order valence-corrected chi connectivity index (χ4v) is 6.91. The monoisotopic (exact) mass is 572 g/mol. The Bertz CT molecular complexity index is 413. The number of hydrogen-bond acceptors (Lipinski definition) is 7. The van der Waals surface area contributed by atoms with Crippen LogP contribution in [0.25, 0.3) is 0 Å². The van der Waals surface area contributed by atoms with Crippen LogP contribution < -0.4 is 0 Å². The molecule has 0 saturated heterocycles. The van der Waals surface area contributed by atoms with E-state index in [0.29, 0.717) is 11.5 Å². The van der Waals surface area contributed by atoms with E-state index in [1.807, 2.05) is 0 Å². The standard InChI is InChI=1S/C28H61O5PS2/c1-3-5-7-9-11-13-15-17-19-21-25-35-27-23-32-34(29,30,31)33-24-28-36-26-22-20-18-16-14-12-10-8-6-4-2/h29-31H,3-28H2,1-2H3. The summed E-state index contributed by atoms with van der Waals surface area (Å²) in [5, 5.41) is 0. The molecule has 0 aliphatic heterocycles. The molecule has 36 heavy (non-hydrogen) atoms. The van der Waals surface area contributed by atoms with Crippen molar-refractivity contribution in [2.24, 2.45) is 0 Å². The quantitative estimate of drug-likeness (QED) is 0.0584. The average Bonchev–Trinajstić information content (AvgIpc) is 2.84. The predicted molar refractivity (Wildman–Crippen MR) is 164 cm³/mol. The minimum absolute atomic E-state index is 0.0789. The predicted octanol–water partition coefficient (Wildman–Crippen LogP) is 9.43. The first-order valence-corrected chi connectivity index (χ1v) is 19.4. The molecule has 8 heteroatoms. The summed E-state index contributed by atoms with van der Waals surface area (Å²) in [5.41, 5.74) is 0. The molecule has 0 saturated carbocycles. The van der Waals surface area contributed by atoms with E-state index in [1.165, 1.54) is 128 Å². The van der Waals surface area contributed by atoms with Crippen LogP contribution in [0.5, 0.6) is 0 Å². The zero-order valence-corrected chi connectivity index (χ0v) is 26.3. The van der Waals surface area contributed by atoms with Gasteiger partial charge < -0.3 is 0 Å². The average molecular weight is 573 g/mol. The van der Waals surface area contributed by atoms with E-state index in [2.05, 4.69) is 13.8 Å². The molecule has 0 fully saturated rings. The van der Waals surface area contributed by atoms with Gasteiger partial charge in [0.05, 0.1) is 0 Å². The van der Waals surface area contributed by atoms with Gasteiger partial charge in [-0.1, -0.05) is 52.4 Å². The molecular formula is C28H61O5PS2. The first kappa shape index (κ1) is 36.9. The molecule has 3 N–H and O–H groups in total. The van der Waals surface area contributed by atoms with Crippen molar-refractivity contribution in [2.45, 2.75) is 142 Å². The van der Waals surface area contributed by atoms with E-state index in [4.69, 9.17) is 9.05 Å². The van der Waals surface area contributed by atoms with Gasteiger partial charge in [-0.2, -0.15) is 0 Å². The molecule has 0 spiro atoms. The van der Waals surface area contributed by atoms with Crippen molar-refractivity contribution in [2.75, 3.05) is 36.2 Å². The van der Waals surface area contributed by atoms with Crippen molar-refractivity contribution >= 4 is 31.3 Å². The van der Waals surface area contributed by atoms with Gasteiger partial charge in [-0.05, 0) is 0 Å². The van der Waals surface area contributed by atoms with Crippen LogP contribution in [0.4, 0.5) is 0 Å². The van der Waals surface area contributed by atoms with Crippen molar-refractivity contribution in [3.63, 3.8) is 0 Å². The molecule has 5 nitrogen and oxygen atoms in total. The van der Waals surface area contributed by atoms with Crippen LogP contribution in [0.3, 0.4) is 0 Å². The van der Waals surface area contributed by atoms with Crippen molar-refractivity contribution in [3.8, 4) is 0 Å². The Labute approximate surface area is 233 Å². The molecule has 0 unspecified atom stereocenters. The van der Waals surface area contributed by atoms with Gasteiger partial charge in [0.15, 0.2) is 0 Å². The van der Waals surface area contributed by atoms with Crippen LogP contribution in [0, 0.1) is 0 Å². The zero-order chi connectivity index (χ0) is 26.7. The Balaban J connectivity index is 3.43. The van der Waals surface area contributed by atoms with Crippen LogP contribution in [0.1, 0.15) is 142 Å². The van der Waals surface area contributed by atoms with Gasteiger partial charge in [-0.15, -0.1) is 0 Å². The Hall–Kier alpha value is 0.930. The van der Waals surface area contributed by atoms with Crippen molar-refractivity contribution in [1.82, 2.24) is 0 Å². The van der Waals surface area contributed by atoms with Crippen LogP contribution >= 0.6 is 31.3 Å². The molecule has 0 aliphatic carbocycles. The third kappa shape index (κ3) is 29.5. The number of rotatable bonds is 30. The SMILES string of the molecule is CCCCCCCCCCCCSCCOP(O)(O)(O)OCCSCCCCCCCCCCCC. The summed E-state index contributed by atoms with van der Waals surface area (Å²) in [5.74, 6) is 3.31. The molecule has 220 valence electrons. The Morgan fingerprint density at radius 1 is 0.417 bits per heavy atom. The summed E-state index contributed by atoms with van der Waals surface area (Å²) in [6.45, 7) is 4.67. The molecular weight excluding hydrogens is 511 g/mol. The molecule has 0 amide bonds. The number of hydrogen-bond donors (Lipinski definition) is 3. The maximum absolute atomic E-state index is 9.94. The van der Waals surface area contributed by atoms with E-state index >= 15 is 0 Å². The Morgan fingerprint density at radius 3 is 1.00 bits per heavy atom. The van der Waals surface area contributed by atoms with Gasteiger partial charge in [0, 0.05) is 0 Å². The molecule has 0 atom stereocenters. The first-order valence-electron chi connectivity index (χ1n) is 15.1. The van der Waals surface area contributed by atoms with Crippen molar-refractivity contribution in [3.05, 3.63) is 0 Å². The first-order chi connectivity index (χ1) is 17.4. The molecule has 0 radical (unpaired) electrons. The Morgan fingerprint density at radius 2 is 0.694 bits per heavy atom. The minimum Gasteiger partial charge on any atom is -0.0654 e. The molecule has 0 rings (SSSR count). The van der Waals surface area contributed by atoms with E-state index in [9.17, 15) is 14.7 Å². The molecule has 0 aromatic carbocycles. The molecule has 0 aromatic heterocycles. The number of thioether (sulfide) groups is 2. The second kappa shape index (κ2) is 26.2. The van der Waals surface area contributed by atoms with Crippen LogP contribution in [-0.4, -0.2) is 50.9 Å². The van der Waals surface area contributed by atoms with Gasteiger partial charge in [0.25, 0.3) is 0 Å². The fraction of sp³-hybridized carbons (Fsp3) is 1.00. The molecule has 0 aliphatic rings. The summed E-state index contributed by atoms with van der Waals surface area (Å²) >= 11 is 3.44. The van der Waals surface area contributed by atoms with Crippen LogP contribution in [-0.2, 0) is 9.05 Å².